The Morgan fingerprint density at radius 3 is 2.65 bits per heavy atom. The van der Waals surface area contributed by atoms with Gasteiger partial charge in [-0.25, -0.2) is 0 Å². The molecule has 0 unspecified atom stereocenters. The number of rotatable bonds is 7. The molecule has 0 spiro atoms. The summed E-state index contributed by atoms with van der Waals surface area (Å²) in [5, 5.41) is 7.73. The summed E-state index contributed by atoms with van der Waals surface area (Å²) < 4.78 is 1.92. The van der Waals surface area contributed by atoms with Crippen molar-refractivity contribution < 1.29 is 0 Å². The second kappa shape index (κ2) is 7.10. The molecule has 4 nitrogen and oxygen atoms in total. The summed E-state index contributed by atoms with van der Waals surface area (Å²) in [6.07, 6.45) is 3.07. The van der Waals surface area contributed by atoms with Gasteiger partial charge >= 0.3 is 0 Å². The van der Waals surface area contributed by atoms with Crippen molar-refractivity contribution in [3.63, 3.8) is 0 Å². The Hall–Kier alpha value is -1.81. The molecule has 0 aliphatic rings. The van der Waals surface area contributed by atoms with Crippen LogP contribution >= 0.6 is 0 Å². The molecule has 0 saturated carbocycles. The predicted molar refractivity (Wildman–Crippen MR) is 84.0 cm³/mol. The molecule has 0 aliphatic heterocycles. The van der Waals surface area contributed by atoms with E-state index in [4.69, 9.17) is 0 Å². The van der Waals surface area contributed by atoms with Gasteiger partial charge in [0.2, 0.25) is 0 Å². The molecule has 1 heterocycles. The molecule has 0 aliphatic carbocycles. The minimum absolute atomic E-state index is 0.898. The maximum Gasteiger partial charge on any atom is 0.0537 e. The van der Waals surface area contributed by atoms with E-state index in [2.05, 4.69) is 59.6 Å². The number of aryl methyl sites for hydroxylation is 1. The number of benzene rings is 1. The Balaban J connectivity index is 1.66. The molecule has 1 aromatic heterocycles. The van der Waals surface area contributed by atoms with Gasteiger partial charge in [-0.05, 0) is 32.0 Å². The zero-order chi connectivity index (χ0) is 14.4. The van der Waals surface area contributed by atoms with E-state index < -0.39 is 0 Å². The molecule has 1 N–H and O–H groups in total. The van der Waals surface area contributed by atoms with E-state index in [1.54, 1.807) is 0 Å². The van der Waals surface area contributed by atoms with E-state index in [0.29, 0.717) is 0 Å². The highest BCUT2D eigenvalue weighted by molar-refractivity contribution is 5.44. The van der Waals surface area contributed by atoms with Crippen LogP contribution in [0.4, 0.5) is 5.69 Å². The van der Waals surface area contributed by atoms with Crippen molar-refractivity contribution in [3.05, 3.63) is 47.8 Å². The average Bonchev–Trinajstić information content (AvgIpc) is 2.79. The van der Waals surface area contributed by atoms with Crippen LogP contribution in [0.5, 0.6) is 0 Å². The van der Waals surface area contributed by atoms with Gasteiger partial charge in [-0.3, -0.25) is 4.68 Å². The predicted octanol–water partition coefficient (Wildman–Crippen LogP) is 2.34. The van der Waals surface area contributed by atoms with Crippen molar-refractivity contribution in [2.45, 2.75) is 19.9 Å². The molecule has 2 aromatic rings. The molecule has 1 aromatic carbocycles. The Labute approximate surface area is 121 Å². The molecular formula is C16H24N4. The molecule has 2 rings (SSSR count). The fraction of sp³-hybridized carbons (Fsp3) is 0.438. The first-order chi connectivity index (χ1) is 9.68. The Kier molecular flexibility index (Phi) is 5.18. The lowest BCUT2D eigenvalue weighted by atomic mass is 10.2. The smallest absolute Gasteiger partial charge is 0.0537 e. The van der Waals surface area contributed by atoms with Gasteiger partial charge in [0.1, 0.15) is 0 Å². The Morgan fingerprint density at radius 2 is 2.00 bits per heavy atom. The van der Waals surface area contributed by atoms with Gasteiger partial charge in [0.15, 0.2) is 0 Å². The summed E-state index contributed by atoms with van der Waals surface area (Å²) in [5.41, 5.74) is 3.79. The number of aromatic nitrogens is 2. The minimum Gasteiger partial charge on any atom is -0.375 e. The second-order valence-corrected chi connectivity index (χ2v) is 5.17. The van der Waals surface area contributed by atoms with E-state index in [1.165, 1.54) is 16.9 Å². The third-order valence-corrected chi connectivity index (χ3v) is 3.70. The molecule has 0 saturated heterocycles. The van der Waals surface area contributed by atoms with Crippen LogP contribution < -0.4 is 10.2 Å². The molecule has 0 amide bonds. The van der Waals surface area contributed by atoms with Crippen LogP contribution in [0.15, 0.2) is 36.5 Å². The number of para-hydroxylation sites is 1. The molecule has 108 valence electrons. The van der Waals surface area contributed by atoms with E-state index in [-0.39, 0.29) is 0 Å². The zero-order valence-electron chi connectivity index (χ0n) is 12.6. The molecule has 0 radical (unpaired) electrons. The van der Waals surface area contributed by atoms with Gasteiger partial charge in [-0.15, -0.1) is 0 Å². The van der Waals surface area contributed by atoms with Gasteiger partial charge in [0, 0.05) is 44.1 Å². The average molecular weight is 272 g/mol. The summed E-state index contributed by atoms with van der Waals surface area (Å²) in [4.78, 5) is 2.29. The lowest BCUT2D eigenvalue weighted by Gasteiger charge is -2.19. The van der Waals surface area contributed by atoms with Crippen LogP contribution in [0.3, 0.4) is 0 Å². The van der Waals surface area contributed by atoms with Crippen LogP contribution in [0.1, 0.15) is 17.7 Å². The Morgan fingerprint density at radius 1 is 1.25 bits per heavy atom. The molecule has 4 heteroatoms. The summed E-state index contributed by atoms with van der Waals surface area (Å²) in [5.74, 6) is 0. The van der Waals surface area contributed by atoms with E-state index >= 15 is 0 Å². The van der Waals surface area contributed by atoms with Crippen molar-refractivity contribution in [3.8, 4) is 0 Å². The van der Waals surface area contributed by atoms with Crippen LogP contribution in [0.2, 0.25) is 0 Å². The van der Waals surface area contributed by atoms with E-state index in [9.17, 15) is 0 Å². The topological polar surface area (TPSA) is 33.1 Å². The molecule has 0 bridgehead atoms. The molecule has 20 heavy (non-hydrogen) atoms. The van der Waals surface area contributed by atoms with Crippen molar-refractivity contribution in [1.82, 2.24) is 15.1 Å². The van der Waals surface area contributed by atoms with E-state index in [0.717, 1.165) is 26.1 Å². The quantitative estimate of drug-likeness (QED) is 0.785. The van der Waals surface area contributed by atoms with Gasteiger partial charge < -0.3 is 10.2 Å². The third kappa shape index (κ3) is 3.84. The van der Waals surface area contributed by atoms with Crippen LogP contribution in [0, 0.1) is 6.92 Å². The fourth-order valence-electron chi connectivity index (χ4n) is 2.19. The second-order valence-electron chi connectivity index (χ2n) is 5.17. The highest BCUT2D eigenvalue weighted by atomic mass is 15.3. The number of nitrogens with zero attached hydrogens (tertiary/aromatic N) is 3. The maximum absolute atomic E-state index is 4.25. The highest BCUT2D eigenvalue weighted by Gasteiger charge is 2.03. The third-order valence-electron chi connectivity index (χ3n) is 3.70. The first-order valence-electron chi connectivity index (χ1n) is 7.13. The monoisotopic (exact) mass is 272 g/mol. The highest BCUT2D eigenvalue weighted by Crippen LogP contribution is 2.10. The summed E-state index contributed by atoms with van der Waals surface area (Å²) in [6.45, 7) is 5.08. The van der Waals surface area contributed by atoms with E-state index in [1.807, 2.05) is 17.9 Å². The van der Waals surface area contributed by atoms with Crippen LogP contribution in [-0.2, 0) is 13.6 Å². The van der Waals surface area contributed by atoms with Crippen molar-refractivity contribution in [2.75, 3.05) is 25.0 Å². The van der Waals surface area contributed by atoms with Crippen molar-refractivity contribution in [1.29, 1.82) is 0 Å². The number of hydrogen-bond donors (Lipinski definition) is 1. The van der Waals surface area contributed by atoms with Crippen molar-refractivity contribution in [2.24, 2.45) is 7.05 Å². The van der Waals surface area contributed by atoms with Crippen LogP contribution in [-0.4, -0.2) is 29.9 Å². The molecule has 0 atom stereocenters. The first-order valence-corrected chi connectivity index (χ1v) is 7.13. The lowest BCUT2D eigenvalue weighted by molar-refractivity contribution is 0.642. The summed E-state index contributed by atoms with van der Waals surface area (Å²) in [7, 11) is 4.12. The summed E-state index contributed by atoms with van der Waals surface area (Å²) >= 11 is 0. The number of hydrogen-bond acceptors (Lipinski definition) is 3. The summed E-state index contributed by atoms with van der Waals surface area (Å²) in [6, 6.07) is 10.5. The first kappa shape index (κ1) is 14.6. The molecule has 0 fully saturated rings. The van der Waals surface area contributed by atoms with Crippen molar-refractivity contribution >= 4 is 5.69 Å². The lowest BCUT2D eigenvalue weighted by Crippen LogP contribution is -2.23. The van der Waals surface area contributed by atoms with Gasteiger partial charge in [0.25, 0.3) is 0 Å². The number of anilines is 1. The van der Waals surface area contributed by atoms with Crippen LogP contribution in [0.25, 0.3) is 0 Å². The fourth-order valence-corrected chi connectivity index (χ4v) is 2.19. The largest absolute Gasteiger partial charge is 0.375 e. The Bertz CT molecular complexity index is 519. The van der Waals surface area contributed by atoms with Gasteiger partial charge in [-0.1, -0.05) is 18.2 Å². The van der Waals surface area contributed by atoms with Gasteiger partial charge in [-0.2, -0.15) is 5.10 Å². The maximum atomic E-state index is 4.25. The SMILES string of the molecule is Cc1c(CNCCCN(C)c2ccccc2)cnn1C. The minimum atomic E-state index is 0.898. The number of nitrogens with one attached hydrogen (secondary N) is 1. The standard InChI is InChI=1S/C16H24N4/c1-14-15(13-18-20(14)3)12-17-10-7-11-19(2)16-8-5-4-6-9-16/h4-6,8-9,13,17H,7,10-12H2,1-3H3. The molecular weight excluding hydrogens is 248 g/mol. The van der Waals surface area contributed by atoms with Gasteiger partial charge in [0.05, 0.1) is 6.20 Å². The normalized spacial score (nSPS) is 10.8. The zero-order valence-corrected chi connectivity index (χ0v) is 12.6.